The summed E-state index contributed by atoms with van der Waals surface area (Å²) < 4.78 is 0. The average Bonchev–Trinajstić information content (AvgIpc) is 2.46. The Morgan fingerprint density at radius 3 is 2.50 bits per heavy atom. The topological polar surface area (TPSA) is 3.24 Å². The van der Waals surface area contributed by atoms with Crippen LogP contribution < -0.4 is 4.90 Å². The third-order valence-electron chi connectivity index (χ3n) is 4.40. The summed E-state index contributed by atoms with van der Waals surface area (Å²) in [6.07, 6.45) is 0. The van der Waals surface area contributed by atoms with Crippen LogP contribution in [0.25, 0.3) is 21.9 Å². The highest BCUT2D eigenvalue weighted by Gasteiger charge is 2.22. The minimum absolute atomic E-state index is 1.30. The number of aryl methyl sites for hydroxylation is 2. The van der Waals surface area contributed by atoms with Crippen LogP contribution in [0.15, 0.2) is 48.5 Å². The first-order valence-corrected chi connectivity index (χ1v) is 7.04. The van der Waals surface area contributed by atoms with Crippen LogP contribution >= 0.6 is 0 Å². The van der Waals surface area contributed by atoms with Gasteiger partial charge in [-0.25, -0.2) is 0 Å². The molecule has 1 nitrogen and oxygen atoms in total. The summed E-state index contributed by atoms with van der Waals surface area (Å²) in [6.45, 7) is 4.34. The molecule has 3 aromatic carbocycles. The Morgan fingerprint density at radius 1 is 0.800 bits per heavy atom. The summed E-state index contributed by atoms with van der Waals surface area (Å²) in [4.78, 5) is 2.32. The standard InChI is InChI=1S/C19H17N/c1-12-7-9-15-16-6-4-5-14-13(2)8-10-17(19(14)16)20(3)18(15)11-12/h4-11H,1-3H3. The Kier molecular flexibility index (Phi) is 2.23. The van der Waals surface area contributed by atoms with Crippen LogP contribution in [0.2, 0.25) is 0 Å². The summed E-state index contributed by atoms with van der Waals surface area (Å²) in [5.74, 6) is 0. The van der Waals surface area contributed by atoms with Gasteiger partial charge in [-0.2, -0.15) is 0 Å². The molecule has 1 aliphatic heterocycles. The lowest BCUT2D eigenvalue weighted by molar-refractivity contribution is 1.20. The number of rotatable bonds is 0. The van der Waals surface area contributed by atoms with Gasteiger partial charge in [0, 0.05) is 29.4 Å². The lowest BCUT2D eigenvalue weighted by Crippen LogP contribution is -2.15. The zero-order chi connectivity index (χ0) is 13.9. The normalized spacial score (nSPS) is 12.7. The van der Waals surface area contributed by atoms with Gasteiger partial charge in [0.05, 0.1) is 0 Å². The summed E-state index contributed by atoms with van der Waals surface area (Å²) in [5.41, 5.74) is 7.94. The fourth-order valence-electron chi connectivity index (χ4n) is 3.31. The Bertz CT molecular complexity index is 846. The first-order chi connectivity index (χ1) is 9.66. The Labute approximate surface area is 119 Å². The lowest BCUT2D eigenvalue weighted by atomic mass is 9.89. The first-order valence-electron chi connectivity index (χ1n) is 7.04. The van der Waals surface area contributed by atoms with E-state index in [0.717, 1.165) is 0 Å². The van der Waals surface area contributed by atoms with Crippen molar-refractivity contribution in [2.45, 2.75) is 13.8 Å². The second-order valence-corrected chi connectivity index (χ2v) is 5.71. The van der Waals surface area contributed by atoms with E-state index in [-0.39, 0.29) is 0 Å². The number of nitrogens with zero attached hydrogens (tertiary/aromatic N) is 1. The van der Waals surface area contributed by atoms with Crippen molar-refractivity contribution in [1.29, 1.82) is 0 Å². The van der Waals surface area contributed by atoms with Crippen LogP contribution in [0.4, 0.5) is 11.4 Å². The molecule has 1 heterocycles. The zero-order valence-electron chi connectivity index (χ0n) is 12.1. The third-order valence-corrected chi connectivity index (χ3v) is 4.40. The molecule has 0 aromatic heterocycles. The molecule has 0 radical (unpaired) electrons. The molecule has 0 amide bonds. The highest BCUT2D eigenvalue weighted by molar-refractivity contribution is 6.12. The van der Waals surface area contributed by atoms with Crippen LogP contribution in [0.5, 0.6) is 0 Å². The molecule has 0 bridgehead atoms. The molecular weight excluding hydrogens is 242 g/mol. The van der Waals surface area contributed by atoms with Gasteiger partial charge in [-0.05, 0) is 48.1 Å². The molecule has 0 aliphatic carbocycles. The van der Waals surface area contributed by atoms with Crippen molar-refractivity contribution in [3.05, 3.63) is 59.7 Å². The van der Waals surface area contributed by atoms with Gasteiger partial charge < -0.3 is 4.90 Å². The number of anilines is 2. The maximum atomic E-state index is 2.32. The minimum Gasteiger partial charge on any atom is -0.344 e. The van der Waals surface area contributed by atoms with E-state index in [4.69, 9.17) is 0 Å². The predicted octanol–water partition coefficient (Wildman–Crippen LogP) is 5.20. The summed E-state index contributed by atoms with van der Waals surface area (Å²) >= 11 is 0. The quantitative estimate of drug-likeness (QED) is 0.536. The monoisotopic (exact) mass is 259 g/mol. The van der Waals surface area contributed by atoms with Crippen molar-refractivity contribution in [1.82, 2.24) is 0 Å². The van der Waals surface area contributed by atoms with Crippen LogP contribution in [0.3, 0.4) is 0 Å². The molecule has 1 heteroatoms. The van der Waals surface area contributed by atoms with Gasteiger partial charge in [-0.15, -0.1) is 0 Å². The van der Waals surface area contributed by atoms with Crippen molar-refractivity contribution < 1.29 is 0 Å². The molecular formula is C19H17N. The number of hydrogen-bond donors (Lipinski definition) is 0. The van der Waals surface area contributed by atoms with Gasteiger partial charge >= 0.3 is 0 Å². The molecule has 0 saturated carbocycles. The van der Waals surface area contributed by atoms with Crippen LogP contribution in [0.1, 0.15) is 11.1 Å². The van der Waals surface area contributed by atoms with E-state index in [1.54, 1.807) is 0 Å². The maximum Gasteiger partial charge on any atom is 0.0494 e. The van der Waals surface area contributed by atoms with Gasteiger partial charge in [0.15, 0.2) is 0 Å². The molecule has 0 N–H and O–H groups in total. The van der Waals surface area contributed by atoms with Gasteiger partial charge in [-0.3, -0.25) is 0 Å². The molecule has 20 heavy (non-hydrogen) atoms. The van der Waals surface area contributed by atoms with Gasteiger partial charge in [-0.1, -0.05) is 36.4 Å². The molecule has 3 aromatic rings. The molecule has 1 aliphatic rings. The van der Waals surface area contributed by atoms with E-state index in [1.807, 2.05) is 0 Å². The second kappa shape index (κ2) is 3.86. The van der Waals surface area contributed by atoms with Crippen molar-refractivity contribution in [2.75, 3.05) is 11.9 Å². The molecule has 0 saturated heterocycles. The van der Waals surface area contributed by atoms with Gasteiger partial charge in [0.2, 0.25) is 0 Å². The van der Waals surface area contributed by atoms with Crippen LogP contribution in [0, 0.1) is 13.8 Å². The molecule has 4 rings (SSSR count). The highest BCUT2D eigenvalue weighted by Crippen LogP contribution is 2.47. The van der Waals surface area contributed by atoms with E-state index >= 15 is 0 Å². The fourth-order valence-corrected chi connectivity index (χ4v) is 3.31. The first kappa shape index (κ1) is 11.5. The van der Waals surface area contributed by atoms with Crippen LogP contribution in [-0.4, -0.2) is 7.05 Å². The molecule has 0 fully saturated rings. The van der Waals surface area contributed by atoms with E-state index < -0.39 is 0 Å². The second-order valence-electron chi connectivity index (χ2n) is 5.71. The molecule has 0 unspecified atom stereocenters. The zero-order valence-corrected chi connectivity index (χ0v) is 12.1. The largest absolute Gasteiger partial charge is 0.344 e. The highest BCUT2D eigenvalue weighted by atomic mass is 15.1. The predicted molar refractivity (Wildman–Crippen MR) is 86.9 cm³/mol. The number of fused-ring (bicyclic) bond motifs is 2. The fraction of sp³-hybridized carbons (Fsp3) is 0.158. The van der Waals surface area contributed by atoms with Crippen LogP contribution in [-0.2, 0) is 0 Å². The average molecular weight is 259 g/mol. The van der Waals surface area contributed by atoms with E-state index in [9.17, 15) is 0 Å². The van der Waals surface area contributed by atoms with E-state index in [2.05, 4.69) is 74.3 Å². The smallest absolute Gasteiger partial charge is 0.0494 e. The molecule has 0 spiro atoms. The molecule has 98 valence electrons. The minimum atomic E-state index is 1.30. The van der Waals surface area contributed by atoms with Crippen molar-refractivity contribution in [3.63, 3.8) is 0 Å². The molecule has 0 atom stereocenters. The SMILES string of the molecule is Cc1ccc2c(c1)N(C)c1ccc(C)c3cccc-2c13. The van der Waals surface area contributed by atoms with Gasteiger partial charge in [0.25, 0.3) is 0 Å². The van der Waals surface area contributed by atoms with Crippen molar-refractivity contribution in [2.24, 2.45) is 0 Å². The number of hydrogen-bond acceptors (Lipinski definition) is 1. The number of benzene rings is 3. The maximum absolute atomic E-state index is 2.32. The van der Waals surface area contributed by atoms with E-state index in [1.165, 1.54) is 44.4 Å². The summed E-state index contributed by atoms with van der Waals surface area (Å²) in [7, 11) is 2.16. The Morgan fingerprint density at radius 2 is 1.65 bits per heavy atom. The Hall–Kier alpha value is -2.28. The van der Waals surface area contributed by atoms with E-state index in [0.29, 0.717) is 0 Å². The Balaban J connectivity index is 2.21. The van der Waals surface area contributed by atoms with Crippen molar-refractivity contribution in [3.8, 4) is 11.1 Å². The summed E-state index contributed by atoms with van der Waals surface area (Å²) in [5, 5.41) is 2.74. The van der Waals surface area contributed by atoms with Crippen molar-refractivity contribution >= 4 is 22.1 Å². The van der Waals surface area contributed by atoms with Gasteiger partial charge in [0.1, 0.15) is 0 Å². The lowest BCUT2D eigenvalue weighted by Gasteiger charge is -2.31. The summed E-state index contributed by atoms with van der Waals surface area (Å²) in [6, 6.07) is 17.8. The third kappa shape index (κ3) is 1.38.